The molecule has 0 aliphatic rings. The molecule has 0 saturated heterocycles. The van der Waals surface area contributed by atoms with E-state index in [1.807, 2.05) is 24.3 Å². The smallest absolute Gasteiger partial charge is 0.486 e. The van der Waals surface area contributed by atoms with E-state index in [0.717, 1.165) is 6.42 Å². The van der Waals surface area contributed by atoms with E-state index in [9.17, 15) is 14.4 Å². The minimum Gasteiger partial charge on any atom is -0.486 e. The Morgan fingerprint density at radius 2 is 1.68 bits per heavy atom. The lowest BCUT2D eigenvalue weighted by molar-refractivity contribution is -0.121. The molecule has 0 aliphatic heterocycles. The molecule has 0 fully saturated rings. The van der Waals surface area contributed by atoms with Gasteiger partial charge in [0.15, 0.2) is 12.1 Å². The zero-order chi connectivity index (χ0) is 24.3. The van der Waals surface area contributed by atoms with Gasteiger partial charge in [0, 0.05) is 22.7 Å². The van der Waals surface area contributed by atoms with Gasteiger partial charge in [-0.25, -0.2) is 4.79 Å². The molecule has 0 saturated carbocycles. The fraction of sp³-hybridized carbons (Fsp3) is 0.370. The molecule has 0 amide bonds. The largest absolute Gasteiger partial charge is 0.511 e. The molecular formula is C27H31NO6. The molecule has 0 aliphatic carbocycles. The molecule has 7 heteroatoms. The first-order valence-corrected chi connectivity index (χ1v) is 11.7. The van der Waals surface area contributed by atoms with E-state index in [0.29, 0.717) is 28.5 Å². The topological polar surface area (TPSA) is 94.8 Å². The highest BCUT2D eigenvalue weighted by molar-refractivity contribution is 5.99. The summed E-state index contributed by atoms with van der Waals surface area (Å²) in [7, 11) is 0. The van der Waals surface area contributed by atoms with Crippen molar-refractivity contribution in [3.63, 3.8) is 0 Å². The summed E-state index contributed by atoms with van der Waals surface area (Å²) < 4.78 is 12.0. The van der Waals surface area contributed by atoms with Gasteiger partial charge in [-0.05, 0) is 48.7 Å². The van der Waals surface area contributed by atoms with Gasteiger partial charge >= 0.3 is 6.16 Å². The van der Waals surface area contributed by atoms with Crippen molar-refractivity contribution in [1.29, 1.82) is 0 Å². The van der Waals surface area contributed by atoms with Gasteiger partial charge in [0.2, 0.25) is 0 Å². The molecular weight excluding hydrogens is 434 g/mol. The third-order valence-electron chi connectivity index (χ3n) is 5.70. The normalized spacial score (nSPS) is 10.9. The van der Waals surface area contributed by atoms with Gasteiger partial charge in [0.05, 0.1) is 6.54 Å². The predicted molar refractivity (Wildman–Crippen MR) is 130 cm³/mol. The van der Waals surface area contributed by atoms with E-state index in [4.69, 9.17) is 9.84 Å². The second-order valence-electron chi connectivity index (χ2n) is 8.37. The highest BCUT2D eigenvalue weighted by Gasteiger charge is 2.13. The number of fused-ring (bicyclic) bond motifs is 1. The molecule has 0 spiro atoms. The maximum Gasteiger partial charge on any atom is 0.511 e. The van der Waals surface area contributed by atoms with E-state index >= 15 is 0 Å². The summed E-state index contributed by atoms with van der Waals surface area (Å²) in [5.41, 5.74) is 2.24. The van der Waals surface area contributed by atoms with Gasteiger partial charge in [-0.1, -0.05) is 51.2 Å². The average molecular weight is 466 g/mol. The maximum absolute atomic E-state index is 12.5. The van der Waals surface area contributed by atoms with Crippen molar-refractivity contribution in [1.82, 2.24) is 4.57 Å². The summed E-state index contributed by atoms with van der Waals surface area (Å²) >= 11 is 0. The number of Topliss-reactive ketones (excluding diaryl/α,β-unsaturated/α-hetero) is 1. The second kappa shape index (κ2) is 12.6. The zero-order valence-electron chi connectivity index (χ0n) is 19.5. The lowest BCUT2D eigenvalue weighted by Gasteiger charge is -2.09. The highest BCUT2D eigenvalue weighted by Crippen LogP contribution is 2.25. The minimum absolute atomic E-state index is 0.0274. The van der Waals surface area contributed by atoms with Crippen LogP contribution in [-0.2, 0) is 17.8 Å². The summed E-state index contributed by atoms with van der Waals surface area (Å²) in [5.74, 6) is 0.591. The molecule has 3 rings (SSSR count). The summed E-state index contributed by atoms with van der Waals surface area (Å²) in [5, 5.41) is 9.29. The molecule has 3 aromatic rings. The number of unbranched alkanes of at least 4 members (excludes halogenated alkanes) is 5. The molecule has 1 N–H and O–H groups in total. The third kappa shape index (κ3) is 7.20. The number of carbonyl (C=O) groups excluding carboxylic acids is 2. The van der Waals surface area contributed by atoms with Crippen molar-refractivity contribution in [2.45, 2.75) is 58.4 Å². The van der Waals surface area contributed by atoms with E-state index in [1.54, 1.807) is 16.8 Å². The van der Waals surface area contributed by atoms with Crippen molar-refractivity contribution in [2.75, 3.05) is 6.61 Å². The van der Waals surface area contributed by atoms with Gasteiger partial charge in [0.25, 0.3) is 0 Å². The van der Waals surface area contributed by atoms with Crippen molar-refractivity contribution in [2.24, 2.45) is 0 Å². The summed E-state index contributed by atoms with van der Waals surface area (Å²) in [6.07, 6.45) is 9.45. The number of carboxylic acid groups (broad SMARTS) is 1. The number of aldehydes is 1. The Morgan fingerprint density at radius 1 is 0.971 bits per heavy atom. The lowest BCUT2D eigenvalue weighted by Crippen LogP contribution is -2.17. The van der Waals surface area contributed by atoms with Gasteiger partial charge in [-0.15, -0.1) is 0 Å². The van der Waals surface area contributed by atoms with Crippen LogP contribution in [-0.4, -0.2) is 34.5 Å². The predicted octanol–water partition coefficient (Wildman–Crippen LogP) is 6.06. The van der Waals surface area contributed by atoms with Gasteiger partial charge < -0.3 is 19.1 Å². The minimum atomic E-state index is -1.44. The fourth-order valence-electron chi connectivity index (χ4n) is 3.95. The first kappa shape index (κ1) is 25.0. The number of hydrogen-bond acceptors (Lipinski definition) is 5. The fourth-order valence-corrected chi connectivity index (χ4v) is 3.95. The van der Waals surface area contributed by atoms with Crippen LogP contribution < -0.4 is 9.47 Å². The van der Waals surface area contributed by atoms with Crippen LogP contribution in [0.3, 0.4) is 0 Å². The van der Waals surface area contributed by atoms with Crippen molar-refractivity contribution >= 4 is 29.1 Å². The first-order chi connectivity index (χ1) is 16.5. The Morgan fingerprint density at radius 3 is 2.38 bits per heavy atom. The van der Waals surface area contributed by atoms with E-state index in [2.05, 4.69) is 11.7 Å². The summed E-state index contributed by atoms with van der Waals surface area (Å²) in [6.45, 7) is 2.16. The van der Waals surface area contributed by atoms with Crippen LogP contribution in [0.25, 0.3) is 10.9 Å². The number of rotatable bonds is 14. The number of ketones is 1. The Labute approximate surface area is 199 Å². The van der Waals surface area contributed by atoms with Crippen LogP contribution in [0.4, 0.5) is 4.79 Å². The number of benzene rings is 2. The van der Waals surface area contributed by atoms with Crippen LogP contribution in [0.5, 0.6) is 11.5 Å². The molecule has 0 unspecified atom stereocenters. The number of aryl methyl sites for hydroxylation is 1. The standard InChI is InChI=1S/C27H31NO6/c1-2-3-4-5-6-7-8-20-9-11-23(12-10-20)33-19-22(30)17-28-16-21(18-29)25-15-24(34-27(31)32)13-14-26(25)28/h9-16,18H,2-8,17,19H2,1H3,(H,31,32). The Bertz CT molecular complexity index is 1120. The number of hydrogen-bond donors (Lipinski definition) is 1. The molecule has 0 bridgehead atoms. The van der Waals surface area contributed by atoms with E-state index < -0.39 is 6.16 Å². The summed E-state index contributed by atoms with van der Waals surface area (Å²) in [6, 6.07) is 12.4. The van der Waals surface area contributed by atoms with Crippen molar-refractivity contribution in [3.8, 4) is 11.5 Å². The average Bonchev–Trinajstić information content (AvgIpc) is 3.17. The van der Waals surface area contributed by atoms with Crippen molar-refractivity contribution in [3.05, 3.63) is 59.8 Å². The van der Waals surface area contributed by atoms with Gasteiger partial charge in [-0.2, -0.15) is 0 Å². The Hall–Kier alpha value is -3.61. The maximum atomic E-state index is 12.5. The number of ether oxygens (including phenoxy) is 2. The number of carbonyl (C=O) groups is 3. The number of aromatic nitrogens is 1. The molecule has 1 aromatic heterocycles. The molecule has 1 heterocycles. The molecule has 0 atom stereocenters. The van der Waals surface area contributed by atoms with E-state index in [-0.39, 0.29) is 24.7 Å². The van der Waals surface area contributed by atoms with Crippen LogP contribution in [0.1, 0.15) is 61.4 Å². The van der Waals surface area contributed by atoms with Gasteiger partial charge in [-0.3, -0.25) is 9.59 Å². The van der Waals surface area contributed by atoms with Crippen LogP contribution in [0, 0.1) is 0 Å². The molecule has 0 radical (unpaired) electrons. The monoisotopic (exact) mass is 465 g/mol. The van der Waals surface area contributed by atoms with Crippen LogP contribution in [0.2, 0.25) is 0 Å². The first-order valence-electron chi connectivity index (χ1n) is 11.7. The summed E-state index contributed by atoms with van der Waals surface area (Å²) in [4.78, 5) is 34.7. The van der Waals surface area contributed by atoms with Crippen LogP contribution in [0.15, 0.2) is 48.7 Å². The molecule has 2 aromatic carbocycles. The van der Waals surface area contributed by atoms with Crippen LogP contribution >= 0.6 is 0 Å². The molecule has 34 heavy (non-hydrogen) atoms. The highest BCUT2D eigenvalue weighted by atomic mass is 16.7. The number of nitrogens with zero attached hydrogens (tertiary/aromatic N) is 1. The SMILES string of the molecule is CCCCCCCCc1ccc(OCC(=O)Cn2cc(C=O)c3cc(OC(=O)O)ccc32)cc1. The second-order valence-corrected chi connectivity index (χ2v) is 8.37. The zero-order valence-corrected chi connectivity index (χ0v) is 19.5. The quantitative estimate of drug-likeness (QED) is 0.135. The van der Waals surface area contributed by atoms with Crippen molar-refractivity contribution < 1.29 is 29.0 Å². The Kier molecular flexibility index (Phi) is 9.26. The Balaban J connectivity index is 1.52. The molecule has 180 valence electrons. The third-order valence-corrected chi connectivity index (χ3v) is 5.70. The molecule has 7 nitrogen and oxygen atoms in total. The van der Waals surface area contributed by atoms with Gasteiger partial charge in [0.1, 0.15) is 18.1 Å². The lowest BCUT2D eigenvalue weighted by atomic mass is 10.0. The van der Waals surface area contributed by atoms with E-state index in [1.165, 1.54) is 56.2 Å².